The summed E-state index contributed by atoms with van der Waals surface area (Å²) in [7, 11) is 0. The maximum atomic E-state index is 9.72. The average Bonchev–Trinajstić information content (AvgIpc) is 2.55. The van der Waals surface area contributed by atoms with Crippen molar-refractivity contribution in [2.24, 2.45) is 0 Å². The lowest BCUT2D eigenvalue weighted by molar-refractivity contribution is 0.152. The molecular weight excluding hydrogens is 158 g/mol. The van der Waals surface area contributed by atoms with Gasteiger partial charge in [-0.1, -0.05) is 0 Å². The predicted molar refractivity (Wildman–Crippen MR) is 46.6 cm³/mol. The fourth-order valence-corrected chi connectivity index (χ4v) is 2.17. The maximum absolute atomic E-state index is 9.72. The van der Waals surface area contributed by atoms with Gasteiger partial charge in [0.05, 0.1) is 10.6 Å². The molecule has 0 bridgehead atoms. The van der Waals surface area contributed by atoms with Gasteiger partial charge in [-0.15, -0.1) is 11.3 Å². The van der Waals surface area contributed by atoms with Crippen LogP contribution in [0.4, 0.5) is 5.00 Å². The molecule has 3 N–H and O–H groups in total. The van der Waals surface area contributed by atoms with Gasteiger partial charge in [0.15, 0.2) is 0 Å². The van der Waals surface area contributed by atoms with Crippen LogP contribution < -0.4 is 5.73 Å². The van der Waals surface area contributed by atoms with Crippen LogP contribution in [-0.2, 0) is 5.60 Å². The van der Waals surface area contributed by atoms with Gasteiger partial charge in [0.2, 0.25) is 0 Å². The molecule has 1 heterocycles. The SMILES string of the molecule is Cc1cc(C2(O)CC2)c(N)s1. The zero-order valence-corrected chi connectivity index (χ0v) is 7.24. The van der Waals surface area contributed by atoms with Crippen molar-refractivity contribution >= 4 is 16.3 Å². The molecule has 0 atom stereocenters. The van der Waals surface area contributed by atoms with E-state index in [1.807, 2.05) is 13.0 Å². The van der Waals surface area contributed by atoms with Crippen LogP contribution in [0.5, 0.6) is 0 Å². The van der Waals surface area contributed by atoms with Gasteiger partial charge < -0.3 is 10.8 Å². The summed E-state index contributed by atoms with van der Waals surface area (Å²) in [5.41, 5.74) is 6.11. The molecule has 1 saturated carbocycles. The molecule has 3 heteroatoms. The molecule has 0 saturated heterocycles. The number of hydrogen-bond donors (Lipinski definition) is 2. The fourth-order valence-electron chi connectivity index (χ4n) is 1.28. The molecule has 1 aliphatic carbocycles. The minimum Gasteiger partial charge on any atom is -0.390 e. The third kappa shape index (κ3) is 1.04. The lowest BCUT2D eigenvalue weighted by Gasteiger charge is -2.04. The molecule has 1 aromatic rings. The zero-order chi connectivity index (χ0) is 8.06. The van der Waals surface area contributed by atoms with Crippen LogP contribution in [0.1, 0.15) is 23.3 Å². The molecule has 2 rings (SSSR count). The minimum atomic E-state index is -0.561. The van der Waals surface area contributed by atoms with Crippen molar-refractivity contribution in [3.05, 3.63) is 16.5 Å². The summed E-state index contributed by atoms with van der Waals surface area (Å²) >= 11 is 1.55. The smallest absolute Gasteiger partial charge is 0.0927 e. The van der Waals surface area contributed by atoms with Crippen LogP contribution in [0, 0.1) is 6.92 Å². The van der Waals surface area contributed by atoms with Gasteiger partial charge in [0, 0.05) is 10.4 Å². The largest absolute Gasteiger partial charge is 0.390 e. The number of aliphatic hydroxyl groups is 1. The molecule has 1 aliphatic rings. The van der Waals surface area contributed by atoms with Crippen molar-refractivity contribution < 1.29 is 5.11 Å². The molecule has 0 amide bonds. The second kappa shape index (κ2) is 1.99. The van der Waals surface area contributed by atoms with E-state index >= 15 is 0 Å². The quantitative estimate of drug-likeness (QED) is 0.671. The van der Waals surface area contributed by atoms with Gasteiger partial charge in [-0.05, 0) is 25.8 Å². The van der Waals surface area contributed by atoms with E-state index in [-0.39, 0.29) is 0 Å². The van der Waals surface area contributed by atoms with Gasteiger partial charge in [-0.3, -0.25) is 0 Å². The zero-order valence-electron chi connectivity index (χ0n) is 6.42. The summed E-state index contributed by atoms with van der Waals surface area (Å²) in [6, 6.07) is 1.99. The average molecular weight is 169 g/mol. The molecule has 0 radical (unpaired) electrons. The van der Waals surface area contributed by atoms with E-state index in [4.69, 9.17) is 5.73 Å². The van der Waals surface area contributed by atoms with Gasteiger partial charge >= 0.3 is 0 Å². The highest BCUT2D eigenvalue weighted by molar-refractivity contribution is 7.16. The van der Waals surface area contributed by atoms with Gasteiger partial charge in [-0.2, -0.15) is 0 Å². The predicted octanol–water partition coefficient (Wildman–Crippen LogP) is 1.62. The Kier molecular flexibility index (Phi) is 1.29. The van der Waals surface area contributed by atoms with Crippen molar-refractivity contribution in [1.29, 1.82) is 0 Å². The molecule has 2 nitrogen and oxygen atoms in total. The lowest BCUT2D eigenvalue weighted by atomic mass is 10.1. The highest BCUT2D eigenvalue weighted by Crippen LogP contribution is 2.49. The van der Waals surface area contributed by atoms with E-state index in [2.05, 4.69) is 0 Å². The van der Waals surface area contributed by atoms with E-state index in [1.165, 1.54) is 4.88 Å². The van der Waals surface area contributed by atoms with Crippen molar-refractivity contribution in [3.8, 4) is 0 Å². The third-order valence-electron chi connectivity index (χ3n) is 2.11. The number of anilines is 1. The molecule has 1 aromatic heterocycles. The number of rotatable bonds is 1. The highest BCUT2D eigenvalue weighted by Gasteiger charge is 2.44. The summed E-state index contributed by atoms with van der Waals surface area (Å²) in [4.78, 5) is 1.18. The van der Waals surface area contributed by atoms with Crippen molar-refractivity contribution in [2.45, 2.75) is 25.4 Å². The van der Waals surface area contributed by atoms with Crippen LogP contribution in [0.2, 0.25) is 0 Å². The number of nitrogens with two attached hydrogens (primary N) is 1. The standard InChI is InChI=1S/C8H11NOS/c1-5-4-6(7(9)11-5)8(10)2-3-8/h4,10H,2-3,9H2,1H3. The first kappa shape index (κ1) is 7.13. The Morgan fingerprint density at radius 2 is 2.27 bits per heavy atom. The maximum Gasteiger partial charge on any atom is 0.0927 e. The molecule has 60 valence electrons. The molecule has 0 aromatic carbocycles. The van der Waals surface area contributed by atoms with E-state index in [9.17, 15) is 5.11 Å². The van der Waals surface area contributed by atoms with Crippen molar-refractivity contribution in [2.75, 3.05) is 5.73 Å². The molecule has 0 spiro atoms. The fraction of sp³-hybridized carbons (Fsp3) is 0.500. The molecule has 1 fully saturated rings. The first-order valence-corrected chi connectivity index (χ1v) is 4.52. The van der Waals surface area contributed by atoms with Gasteiger partial charge in [0.1, 0.15) is 0 Å². The van der Waals surface area contributed by atoms with Crippen LogP contribution in [0.25, 0.3) is 0 Å². The number of nitrogen functional groups attached to an aromatic ring is 1. The lowest BCUT2D eigenvalue weighted by Crippen LogP contribution is -2.04. The van der Waals surface area contributed by atoms with Crippen LogP contribution in [0.3, 0.4) is 0 Å². The number of aryl methyl sites for hydroxylation is 1. The summed E-state index contributed by atoms with van der Waals surface area (Å²) < 4.78 is 0. The van der Waals surface area contributed by atoms with E-state index in [1.54, 1.807) is 11.3 Å². The Bertz CT molecular complexity index is 288. The summed E-state index contributed by atoms with van der Waals surface area (Å²) in [5.74, 6) is 0. The summed E-state index contributed by atoms with van der Waals surface area (Å²) in [6.45, 7) is 2.01. The Morgan fingerprint density at radius 3 is 2.64 bits per heavy atom. The van der Waals surface area contributed by atoms with Gasteiger partial charge in [-0.25, -0.2) is 0 Å². The summed E-state index contributed by atoms with van der Waals surface area (Å²) in [6.07, 6.45) is 1.74. The monoisotopic (exact) mass is 169 g/mol. The van der Waals surface area contributed by atoms with Gasteiger partial charge in [0.25, 0.3) is 0 Å². The van der Waals surface area contributed by atoms with Crippen LogP contribution in [-0.4, -0.2) is 5.11 Å². The summed E-state index contributed by atoms with van der Waals surface area (Å²) in [5, 5.41) is 10.5. The Hall–Kier alpha value is -0.540. The Morgan fingerprint density at radius 1 is 1.64 bits per heavy atom. The van der Waals surface area contributed by atoms with Crippen LogP contribution >= 0.6 is 11.3 Å². The van der Waals surface area contributed by atoms with E-state index in [0.29, 0.717) is 0 Å². The van der Waals surface area contributed by atoms with E-state index in [0.717, 1.165) is 23.4 Å². The first-order valence-electron chi connectivity index (χ1n) is 3.70. The topological polar surface area (TPSA) is 46.2 Å². The number of hydrogen-bond acceptors (Lipinski definition) is 3. The molecule has 0 unspecified atom stereocenters. The molecule has 0 aliphatic heterocycles. The minimum absolute atomic E-state index is 0.561. The molecular formula is C8H11NOS. The van der Waals surface area contributed by atoms with Crippen LogP contribution in [0.15, 0.2) is 6.07 Å². The normalized spacial score (nSPS) is 20.2. The highest BCUT2D eigenvalue weighted by atomic mass is 32.1. The first-order chi connectivity index (χ1) is 5.12. The third-order valence-corrected chi connectivity index (χ3v) is 2.99. The number of thiophene rings is 1. The van der Waals surface area contributed by atoms with E-state index < -0.39 is 5.60 Å². The van der Waals surface area contributed by atoms with Crippen molar-refractivity contribution in [3.63, 3.8) is 0 Å². The Balaban J connectivity index is 2.44. The second-order valence-corrected chi connectivity index (χ2v) is 4.45. The Labute approximate surface area is 69.7 Å². The second-order valence-electron chi connectivity index (χ2n) is 3.17. The van der Waals surface area contributed by atoms with Crippen molar-refractivity contribution in [1.82, 2.24) is 0 Å². The molecule has 11 heavy (non-hydrogen) atoms.